The van der Waals surface area contributed by atoms with Gasteiger partial charge in [0.25, 0.3) is 0 Å². The van der Waals surface area contributed by atoms with Gasteiger partial charge in [-0.05, 0) is 63.7 Å². The largest absolute Gasteiger partial charge is 0.343 e. The highest BCUT2D eigenvalue weighted by molar-refractivity contribution is 5.78. The van der Waals surface area contributed by atoms with Gasteiger partial charge in [0, 0.05) is 19.0 Å². The molecule has 2 nitrogen and oxygen atoms in total. The lowest BCUT2D eigenvalue weighted by Gasteiger charge is -2.44. The Hall–Kier alpha value is -0.530. The summed E-state index contributed by atoms with van der Waals surface area (Å²) in [7, 11) is 0. The van der Waals surface area contributed by atoms with Crippen LogP contribution in [0.15, 0.2) is 0 Å². The predicted molar refractivity (Wildman–Crippen MR) is 80.0 cm³/mol. The number of hydrogen-bond acceptors (Lipinski definition) is 1. The Morgan fingerprint density at radius 3 is 1.95 bits per heavy atom. The van der Waals surface area contributed by atoms with Crippen LogP contribution in [0.3, 0.4) is 0 Å². The summed E-state index contributed by atoms with van der Waals surface area (Å²) in [6.45, 7) is 8.31. The molecule has 2 aliphatic carbocycles. The maximum atomic E-state index is 12.4. The van der Waals surface area contributed by atoms with Crippen LogP contribution in [0.2, 0.25) is 0 Å². The summed E-state index contributed by atoms with van der Waals surface area (Å²) in [5.41, 5.74) is 0.618. The third kappa shape index (κ3) is 3.32. The lowest BCUT2D eigenvalue weighted by Crippen LogP contribution is -2.40. The molecule has 19 heavy (non-hydrogen) atoms. The highest BCUT2D eigenvalue weighted by atomic mass is 16.2. The van der Waals surface area contributed by atoms with Crippen LogP contribution < -0.4 is 0 Å². The second-order valence-corrected chi connectivity index (χ2v) is 6.97. The average Bonchev–Trinajstić information content (AvgIpc) is 2.44. The molecule has 0 radical (unpaired) electrons. The molecule has 1 spiro atoms. The van der Waals surface area contributed by atoms with Crippen LogP contribution in [-0.4, -0.2) is 23.9 Å². The van der Waals surface area contributed by atoms with Crippen molar-refractivity contribution < 1.29 is 4.79 Å². The standard InChI is InChI=1S/C17H31NO/c1-4-18(5-2)16(19)15-8-12-17(13-9-15)10-6-14(3)7-11-17/h14-15H,4-13H2,1-3H3. The minimum absolute atomic E-state index is 0.324. The topological polar surface area (TPSA) is 20.3 Å². The van der Waals surface area contributed by atoms with Crippen LogP contribution in [0.5, 0.6) is 0 Å². The molecule has 1 amide bonds. The van der Waals surface area contributed by atoms with Crippen molar-refractivity contribution >= 4 is 5.91 Å². The van der Waals surface area contributed by atoms with Crippen molar-refractivity contribution in [2.24, 2.45) is 17.3 Å². The zero-order valence-corrected chi connectivity index (χ0v) is 13.1. The fourth-order valence-corrected chi connectivity index (χ4v) is 4.15. The lowest BCUT2D eigenvalue weighted by molar-refractivity contribution is -0.137. The maximum Gasteiger partial charge on any atom is 0.225 e. The van der Waals surface area contributed by atoms with E-state index < -0.39 is 0 Å². The van der Waals surface area contributed by atoms with Gasteiger partial charge in [-0.2, -0.15) is 0 Å². The summed E-state index contributed by atoms with van der Waals surface area (Å²) in [5, 5.41) is 0. The molecule has 0 aromatic rings. The van der Waals surface area contributed by atoms with Crippen LogP contribution >= 0.6 is 0 Å². The molecule has 2 rings (SSSR count). The fraction of sp³-hybridized carbons (Fsp3) is 0.941. The van der Waals surface area contributed by atoms with E-state index in [4.69, 9.17) is 0 Å². The number of carbonyl (C=O) groups excluding carboxylic acids is 1. The van der Waals surface area contributed by atoms with Crippen molar-refractivity contribution in [2.75, 3.05) is 13.1 Å². The summed E-state index contributed by atoms with van der Waals surface area (Å²) in [5.74, 6) is 1.68. The van der Waals surface area contributed by atoms with E-state index in [0.717, 1.165) is 31.8 Å². The monoisotopic (exact) mass is 265 g/mol. The maximum absolute atomic E-state index is 12.4. The first kappa shape index (κ1) is 14.9. The van der Waals surface area contributed by atoms with Gasteiger partial charge in [-0.1, -0.05) is 19.8 Å². The molecule has 0 bridgehead atoms. The molecule has 2 saturated carbocycles. The summed E-state index contributed by atoms with van der Waals surface area (Å²) in [6.07, 6.45) is 10.5. The van der Waals surface area contributed by atoms with Gasteiger partial charge in [-0.25, -0.2) is 0 Å². The Morgan fingerprint density at radius 1 is 1.00 bits per heavy atom. The van der Waals surface area contributed by atoms with Crippen molar-refractivity contribution in [3.63, 3.8) is 0 Å². The van der Waals surface area contributed by atoms with Crippen molar-refractivity contribution in [1.82, 2.24) is 4.90 Å². The summed E-state index contributed by atoms with van der Waals surface area (Å²) < 4.78 is 0. The molecule has 0 N–H and O–H groups in total. The molecule has 0 heterocycles. The molecule has 110 valence electrons. The number of carbonyl (C=O) groups is 1. The summed E-state index contributed by atoms with van der Waals surface area (Å²) in [4.78, 5) is 14.4. The zero-order valence-electron chi connectivity index (χ0n) is 13.1. The van der Waals surface area contributed by atoms with Gasteiger partial charge in [0.1, 0.15) is 0 Å². The van der Waals surface area contributed by atoms with Gasteiger partial charge in [0.05, 0.1) is 0 Å². The third-order valence-electron chi connectivity index (χ3n) is 5.81. The molecular weight excluding hydrogens is 234 g/mol. The van der Waals surface area contributed by atoms with Crippen LogP contribution in [-0.2, 0) is 4.79 Å². The van der Waals surface area contributed by atoms with Crippen LogP contribution in [0.1, 0.15) is 72.1 Å². The van der Waals surface area contributed by atoms with Crippen molar-refractivity contribution in [3.8, 4) is 0 Å². The predicted octanol–water partition coefficient (Wildman–Crippen LogP) is 4.24. The molecule has 2 heteroatoms. The fourth-order valence-electron chi connectivity index (χ4n) is 4.15. The van der Waals surface area contributed by atoms with E-state index in [0.29, 0.717) is 17.2 Å². The van der Waals surface area contributed by atoms with Crippen LogP contribution in [0.4, 0.5) is 0 Å². The number of amides is 1. The van der Waals surface area contributed by atoms with E-state index in [9.17, 15) is 4.79 Å². The first-order valence-corrected chi connectivity index (χ1v) is 8.39. The quantitative estimate of drug-likeness (QED) is 0.747. The Balaban J connectivity index is 1.87. The lowest BCUT2D eigenvalue weighted by atomic mass is 9.61. The minimum atomic E-state index is 0.324. The second-order valence-electron chi connectivity index (χ2n) is 6.97. The first-order valence-electron chi connectivity index (χ1n) is 8.39. The number of hydrogen-bond donors (Lipinski definition) is 0. The summed E-state index contributed by atoms with van der Waals surface area (Å²) >= 11 is 0. The van der Waals surface area contributed by atoms with Gasteiger partial charge < -0.3 is 4.90 Å². The van der Waals surface area contributed by atoms with E-state index in [1.54, 1.807) is 0 Å². The second kappa shape index (κ2) is 6.28. The van der Waals surface area contributed by atoms with Crippen LogP contribution in [0, 0.1) is 17.3 Å². The van der Waals surface area contributed by atoms with E-state index >= 15 is 0 Å². The average molecular weight is 265 g/mol. The van der Waals surface area contributed by atoms with Crippen LogP contribution in [0.25, 0.3) is 0 Å². The zero-order chi connectivity index (χ0) is 13.9. The Labute approximate surface area is 118 Å². The molecule has 2 fully saturated rings. The summed E-state index contributed by atoms with van der Waals surface area (Å²) in [6, 6.07) is 0. The van der Waals surface area contributed by atoms with Crippen molar-refractivity contribution in [3.05, 3.63) is 0 Å². The molecule has 0 unspecified atom stereocenters. The third-order valence-corrected chi connectivity index (χ3v) is 5.81. The molecule has 0 atom stereocenters. The van der Waals surface area contributed by atoms with Gasteiger partial charge in [0.2, 0.25) is 5.91 Å². The van der Waals surface area contributed by atoms with E-state index in [1.165, 1.54) is 38.5 Å². The number of nitrogens with zero attached hydrogens (tertiary/aromatic N) is 1. The highest BCUT2D eigenvalue weighted by Crippen LogP contribution is 2.50. The molecule has 2 aliphatic rings. The SMILES string of the molecule is CCN(CC)C(=O)C1CCC2(CCC(C)CC2)CC1. The molecule has 0 aromatic carbocycles. The van der Waals surface area contributed by atoms with Gasteiger partial charge in [-0.3, -0.25) is 4.79 Å². The normalized spacial score (nSPS) is 35.3. The van der Waals surface area contributed by atoms with Crippen molar-refractivity contribution in [1.29, 1.82) is 0 Å². The molecule has 0 aromatic heterocycles. The smallest absolute Gasteiger partial charge is 0.225 e. The molecular formula is C17H31NO. The van der Waals surface area contributed by atoms with Gasteiger partial charge in [-0.15, -0.1) is 0 Å². The van der Waals surface area contributed by atoms with Gasteiger partial charge >= 0.3 is 0 Å². The Bertz CT molecular complexity index is 290. The Morgan fingerprint density at radius 2 is 1.47 bits per heavy atom. The van der Waals surface area contributed by atoms with Gasteiger partial charge in [0.15, 0.2) is 0 Å². The molecule has 0 aliphatic heterocycles. The molecule has 0 saturated heterocycles. The van der Waals surface area contributed by atoms with Crippen molar-refractivity contribution in [2.45, 2.75) is 72.1 Å². The number of rotatable bonds is 3. The van der Waals surface area contributed by atoms with E-state index in [-0.39, 0.29) is 0 Å². The minimum Gasteiger partial charge on any atom is -0.343 e. The van der Waals surface area contributed by atoms with E-state index in [2.05, 4.69) is 20.8 Å². The van der Waals surface area contributed by atoms with E-state index in [1.807, 2.05) is 4.90 Å². The highest BCUT2D eigenvalue weighted by Gasteiger charge is 2.39. The first-order chi connectivity index (χ1) is 9.10. The Kier molecular flexibility index (Phi) is 4.92.